The Morgan fingerprint density at radius 1 is 1.42 bits per heavy atom. The number of esters is 1. The highest BCUT2D eigenvalue weighted by Gasteiger charge is 2.15. The largest absolute Gasteiger partial charge is 0.497 e. The van der Waals surface area contributed by atoms with Crippen LogP contribution in [0.3, 0.4) is 0 Å². The molecule has 0 aliphatic carbocycles. The number of methoxy groups -OCH3 is 1. The first-order chi connectivity index (χ1) is 9.15. The highest BCUT2D eigenvalue weighted by Crippen LogP contribution is 2.25. The van der Waals surface area contributed by atoms with Crippen molar-refractivity contribution in [2.24, 2.45) is 0 Å². The molecule has 5 heteroatoms. The third-order valence-corrected chi connectivity index (χ3v) is 2.70. The van der Waals surface area contributed by atoms with Gasteiger partial charge in [-0.3, -0.25) is 0 Å². The van der Waals surface area contributed by atoms with Crippen LogP contribution < -0.4 is 4.74 Å². The van der Waals surface area contributed by atoms with E-state index in [0.29, 0.717) is 6.61 Å². The van der Waals surface area contributed by atoms with Gasteiger partial charge in [-0.25, -0.2) is 9.78 Å². The molecule has 0 aliphatic rings. The molecule has 0 saturated heterocycles. The average molecular weight is 260 g/mol. The van der Waals surface area contributed by atoms with Gasteiger partial charge in [0.15, 0.2) is 0 Å². The first-order valence-electron chi connectivity index (χ1n) is 6.03. The molecular weight excluding hydrogens is 244 g/mol. The van der Waals surface area contributed by atoms with Gasteiger partial charge in [0.05, 0.1) is 19.4 Å². The van der Waals surface area contributed by atoms with Crippen LogP contribution in [0.1, 0.15) is 23.2 Å². The summed E-state index contributed by atoms with van der Waals surface area (Å²) >= 11 is 0. The van der Waals surface area contributed by atoms with Crippen LogP contribution in [0.25, 0.3) is 11.3 Å². The molecule has 19 heavy (non-hydrogen) atoms. The second-order valence-corrected chi connectivity index (χ2v) is 4.01. The minimum absolute atomic E-state index is 0.220. The second-order valence-electron chi connectivity index (χ2n) is 4.01. The lowest BCUT2D eigenvalue weighted by Crippen LogP contribution is -2.06. The number of carbonyl (C=O) groups excluding carboxylic acids is 1. The number of H-pyrrole nitrogens is 1. The van der Waals surface area contributed by atoms with E-state index in [1.165, 1.54) is 0 Å². The van der Waals surface area contributed by atoms with Gasteiger partial charge in [0.1, 0.15) is 5.75 Å². The van der Waals surface area contributed by atoms with Gasteiger partial charge in [-0.15, -0.1) is 0 Å². The van der Waals surface area contributed by atoms with E-state index in [4.69, 9.17) is 9.47 Å². The molecule has 0 saturated carbocycles. The fraction of sp³-hybridized carbons (Fsp3) is 0.286. The van der Waals surface area contributed by atoms with E-state index >= 15 is 0 Å². The molecule has 0 fully saturated rings. The molecule has 1 heterocycles. The Bertz CT molecular complexity index is 590. The van der Waals surface area contributed by atoms with E-state index in [1.54, 1.807) is 14.0 Å². The van der Waals surface area contributed by atoms with Crippen LogP contribution in [0.2, 0.25) is 0 Å². The molecule has 0 amide bonds. The van der Waals surface area contributed by atoms with Crippen molar-refractivity contribution in [3.05, 3.63) is 35.8 Å². The molecule has 2 rings (SSSR count). The van der Waals surface area contributed by atoms with E-state index in [-0.39, 0.29) is 5.82 Å². The summed E-state index contributed by atoms with van der Waals surface area (Å²) in [6.45, 7) is 3.95. The average Bonchev–Trinajstić information content (AvgIpc) is 2.81. The number of aromatic amines is 1. The van der Waals surface area contributed by atoms with Crippen LogP contribution in [0.4, 0.5) is 0 Å². The number of benzene rings is 1. The van der Waals surface area contributed by atoms with E-state index in [0.717, 1.165) is 22.7 Å². The van der Waals surface area contributed by atoms with Crippen LogP contribution in [-0.2, 0) is 4.74 Å². The Morgan fingerprint density at radius 3 is 2.89 bits per heavy atom. The predicted octanol–water partition coefficient (Wildman–Crippen LogP) is 2.57. The highest BCUT2D eigenvalue weighted by atomic mass is 16.5. The minimum Gasteiger partial charge on any atom is -0.497 e. The maximum atomic E-state index is 11.6. The summed E-state index contributed by atoms with van der Waals surface area (Å²) in [7, 11) is 1.61. The number of rotatable bonds is 4. The Kier molecular flexibility index (Phi) is 3.85. The molecule has 5 nitrogen and oxygen atoms in total. The summed E-state index contributed by atoms with van der Waals surface area (Å²) in [4.78, 5) is 18.9. The summed E-state index contributed by atoms with van der Waals surface area (Å²) in [6.07, 6.45) is 0. The predicted molar refractivity (Wildman–Crippen MR) is 71.3 cm³/mol. The molecule has 0 bridgehead atoms. The van der Waals surface area contributed by atoms with Gasteiger partial charge in [0.25, 0.3) is 0 Å². The van der Waals surface area contributed by atoms with E-state index in [2.05, 4.69) is 9.97 Å². The zero-order valence-electron chi connectivity index (χ0n) is 11.2. The lowest BCUT2D eigenvalue weighted by Gasteiger charge is -2.02. The van der Waals surface area contributed by atoms with Gasteiger partial charge in [0, 0.05) is 11.3 Å². The van der Waals surface area contributed by atoms with Crippen LogP contribution in [0.15, 0.2) is 24.3 Å². The Hall–Kier alpha value is -2.30. The van der Waals surface area contributed by atoms with Crippen LogP contribution in [-0.4, -0.2) is 29.7 Å². The van der Waals surface area contributed by atoms with Crippen molar-refractivity contribution in [1.82, 2.24) is 9.97 Å². The lowest BCUT2D eigenvalue weighted by molar-refractivity contribution is 0.0513. The maximum absolute atomic E-state index is 11.6. The van der Waals surface area contributed by atoms with Crippen molar-refractivity contribution >= 4 is 5.97 Å². The van der Waals surface area contributed by atoms with Gasteiger partial charge in [-0.05, 0) is 26.0 Å². The molecule has 100 valence electrons. The maximum Gasteiger partial charge on any atom is 0.374 e. The van der Waals surface area contributed by atoms with Crippen molar-refractivity contribution in [2.45, 2.75) is 13.8 Å². The minimum atomic E-state index is -0.445. The van der Waals surface area contributed by atoms with Gasteiger partial charge < -0.3 is 14.5 Å². The van der Waals surface area contributed by atoms with Gasteiger partial charge in [-0.1, -0.05) is 12.1 Å². The van der Waals surface area contributed by atoms with Crippen molar-refractivity contribution in [2.75, 3.05) is 13.7 Å². The smallest absolute Gasteiger partial charge is 0.374 e. The fourth-order valence-corrected chi connectivity index (χ4v) is 1.81. The number of hydrogen-bond acceptors (Lipinski definition) is 4. The number of ether oxygens (including phenoxy) is 2. The summed E-state index contributed by atoms with van der Waals surface area (Å²) in [6, 6.07) is 7.53. The lowest BCUT2D eigenvalue weighted by atomic mass is 10.1. The van der Waals surface area contributed by atoms with Crippen LogP contribution in [0.5, 0.6) is 5.75 Å². The van der Waals surface area contributed by atoms with E-state index in [1.807, 2.05) is 31.2 Å². The molecule has 1 aromatic carbocycles. The van der Waals surface area contributed by atoms with Gasteiger partial charge >= 0.3 is 5.97 Å². The molecular formula is C14H16N2O3. The second kappa shape index (κ2) is 5.56. The number of aryl methyl sites for hydroxylation is 1. The highest BCUT2D eigenvalue weighted by molar-refractivity contribution is 5.86. The third kappa shape index (κ3) is 2.76. The summed E-state index contributed by atoms with van der Waals surface area (Å²) < 4.78 is 10.1. The van der Waals surface area contributed by atoms with Gasteiger partial charge in [0.2, 0.25) is 5.82 Å². The zero-order valence-corrected chi connectivity index (χ0v) is 11.2. The number of hydrogen-bond donors (Lipinski definition) is 1. The third-order valence-electron chi connectivity index (χ3n) is 2.70. The van der Waals surface area contributed by atoms with Crippen LogP contribution >= 0.6 is 0 Å². The first-order valence-corrected chi connectivity index (χ1v) is 6.03. The molecule has 0 radical (unpaired) electrons. The normalized spacial score (nSPS) is 10.3. The fourth-order valence-electron chi connectivity index (χ4n) is 1.81. The SMILES string of the molecule is CCOC(=O)c1nc(-c2cccc(OC)c2)c(C)[nH]1. The van der Waals surface area contributed by atoms with E-state index in [9.17, 15) is 4.79 Å². The summed E-state index contributed by atoms with van der Waals surface area (Å²) in [5.74, 6) is 0.523. The molecule has 2 aromatic rings. The Labute approximate surface area is 111 Å². The number of imidazole rings is 1. The number of nitrogens with zero attached hydrogens (tertiary/aromatic N) is 1. The molecule has 0 spiro atoms. The zero-order chi connectivity index (χ0) is 13.8. The Morgan fingerprint density at radius 2 is 2.21 bits per heavy atom. The van der Waals surface area contributed by atoms with Crippen molar-refractivity contribution < 1.29 is 14.3 Å². The molecule has 1 aromatic heterocycles. The standard InChI is InChI=1S/C14H16N2O3/c1-4-19-14(17)13-15-9(2)12(16-13)10-6-5-7-11(8-10)18-3/h5-8H,4H2,1-3H3,(H,15,16). The first kappa shape index (κ1) is 13.1. The number of nitrogens with one attached hydrogen (secondary N) is 1. The molecule has 0 atom stereocenters. The van der Waals surface area contributed by atoms with Crippen LogP contribution in [0, 0.1) is 6.92 Å². The molecule has 0 unspecified atom stereocenters. The number of carbonyl (C=O) groups is 1. The Balaban J connectivity index is 2.37. The van der Waals surface area contributed by atoms with E-state index < -0.39 is 5.97 Å². The molecule has 0 aliphatic heterocycles. The van der Waals surface area contributed by atoms with Crippen molar-refractivity contribution in [1.29, 1.82) is 0 Å². The molecule has 1 N–H and O–H groups in total. The summed E-state index contributed by atoms with van der Waals surface area (Å²) in [5, 5.41) is 0. The van der Waals surface area contributed by atoms with Crippen molar-refractivity contribution in [3.63, 3.8) is 0 Å². The van der Waals surface area contributed by atoms with Gasteiger partial charge in [-0.2, -0.15) is 0 Å². The quantitative estimate of drug-likeness (QED) is 0.858. The van der Waals surface area contributed by atoms with Crippen molar-refractivity contribution in [3.8, 4) is 17.0 Å². The summed E-state index contributed by atoms with van der Waals surface area (Å²) in [5.41, 5.74) is 2.43. The number of aromatic nitrogens is 2. The topological polar surface area (TPSA) is 64.2 Å². The monoisotopic (exact) mass is 260 g/mol.